The number of hydrogen-bond donors (Lipinski definition) is 2. The Morgan fingerprint density at radius 3 is 1.80 bits per heavy atom. The minimum Gasteiger partial charge on any atom is -0.365 e. The summed E-state index contributed by atoms with van der Waals surface area (Å²) in [6.45, 7) is 1.99. The minimum atomic E-state index is -1.34. The van der Waals surface area contributed by atoms with Gasteiger partial charge in [-0.2, -0.15) is 0 Å². The van der Waals surface area contributed by atoms with Crippen LogP contribution in [0.1, 0.15) is 32.6 Å². The molecule has 2 aliphatic carbocycles. The van der Waals surface area contributed by atoms with Gasteiger partial charge in [0.1, 0.15) is 0 Å². The Morgan fingerprint density at radius 1 is 1.20 bits per heavy atom. The van der Waals surface area contributed by atoms with Gasteiger partial charge in [-0.1, -0.05) is 6.92 Å². The lowest BCUT2D eigenvalue weighted by atomic mass is 9.84. The van der Waals surface area contributed by atoms with Crippen LogP contribution in [0.25, 0.3) is 0 Å². The first-order chi connectivity index (χ1) is 4.56. The topological polar surface area (TPSA) is 40.5 Å². The minimum absolute atomic E-state index is 0.164. The van der Waals surface area contributed by atoms with Crippen LogP contribution in [-0.2, 0) is 0 Å². The van der Waals surface area contributed by atoms with Gasteiger partial charge in [-0.25, -0.2) is 0 Å². The second-order valence-electron chi connectivity index (χ2n) is 4.06. The van der Waals surface area contributed by atoms with Gasteiger partial charge in [-0.15, -0.1) is 0 Å². The van der Waals surface area contributed by atoms with Crippen molar-refractivity contribution in [2.75, 3.05) is 0 Å². The number of aliphatic hydroxyl groups is 2. The van der Waals surface area contributed by atoms with Crippen molar-refractivity contribution in [3.63, 3.8) is 0 Å². The molecule has 2 fully saturated rings. The van der Waals surface area contributed by atoms with Crippen LogP contribution in [0.15, 0.2) is 0 Å². The lowest BCUT2D eigenvalue weighted by molar-refractivity contribution is -0.223. The molecule has 0 heterocycles. The summed E-state index contributed by atoms with van der Waals surface area (Å²) < 4.78 is 0. The van der Waals surface area contributed by atoms with Crippen molar-refractivity contribution in [2.45, 2.75) is 38.4 Å². The SMILES string of the molecule is CC12CCC(CC1)C2(O)O. The monoisotopic (exact) mass is 142 g/mol. The summed E-state index contributed by atoms with van der Waals surface area (Å²) in [6.07, 6.45) is 3.99. The molecule has 0 aliphatic heterocycles. The third-order valence-electron chi connectivity index (χ3n) is 3.55. The third-order valence-corrected chi connectivity index (χ3v) is 3.55. The van der Waals surface area contributed by atoms with E-state index in [9.17, 15) is 10.2 Å². The van der Waals surface area contributed by atoms with E-state index in [1.165, 1.54) is 0 Å². The molecule has 2 saturated carbocycles. The predicted octanol–water partition coefficient (Wildman–Crippen LogP) is 0.877. The fourth-order valence-corrected chi connectivity index (χ4v) is 2.52. The maximum absolute atomic E-state index is 9.61. The Hall–Kier alpha value is -0.0800. The standard InChI is InChI=1S/C8H14O2/c1-7-4-2-6(3-5-7)8(7,9)10/h6,9-10H,2-5H2,1H3. The second-order valence-corrected chi connectivity index (χ2v) is 4.06. The van der Waals surface area contributed by atoms with Gasteiger partial charge >= 0.3 is 0 Å². The van der Waals surface area contributed by atoms with Gasteiger partial charge in [0, 0.05) is 11.3 Å². The molecule has 10 heavy (non-hydrogen) atoms. The van der Waals surface area contributed by atoms with Crippen LogP contribution in [0, 0.1) is 11.3 Å². The fraction of sp³-hybridized carbons (Fsp3) is 1.00. The lowest BCUT2D eigenvalue weighted by Gasteiger charge is -2.30. The van der Waals surface area contributed by atoms with Crippen molar-refractivity contribution in [1.29, 1.82) is 0 Å². The number of fused-ring (bicyclic) bond motifs is 2. The zero-order chi connectivity index (χ0) is 7.41. The maximum Gasteiger partial charge on any atom is 0.170 e. The van der Waals surface area contributed by atoms with Gasteiger partial charge < -0.3 is 10.2 Å². The summed E-state index contributed by atoms with van der Waals surface area (Å²) >= 11 is 0. The first kappa shape index (κ1) is 6.62. The van der Waals surface area contributed by atoms with E-state index >= 15 is 0 Å². The Balaban J connectivity index is 2.37. The molecule has 0 spiro atoms. The van der Waals surface area contributed by atoms with Gasteiger partial charge in [-0.3, -0.25) is 0 Å². The van der Waals surface area contributed by atoms with E-state index in [-0.39, 0.29) is 11.3 Å². The largest absolute Gasteiger partial charge is 0.365 e. The Labute approximate surface area is 60.9 Å². The van der Waals surface area contributed by atoms with Crippen LogP contribution in [0.3, 0.4) is 0 Å². The van der Waals surface area contributed by atoms with Crippen LogP contribution in [-0.4, -0.2) is 16.0 Å². The van der Waals surface area contributed by atoms with E-state index in [0.717, 1.165) is 25.7 Å². The third kappa shape index (κ3) is 0.523. The molecule has 2 aliphatic rings. The molecular weight excluding hydrogens is 128 g/mol. The summed E-state index contributed by atoms with van der Waals surface area (Å²) in [5, 5.41) is 19.2. The van der Waals surface area contributed by atoms with Crippen molar-refractivity contribution in [3.8, 4) is 0 Å². The number of hydrogen-bond acceptors (Lipinski definition) is 2. The van der Waals surface area contributed by atoms with Gasteiger partial charge in [0.2, 0.25) is 0 Å². The summed E-state index contributed by atoms with van der Waals surface area (Å²) in [5.74, 6) is -1.18. The van der Waals surface area contributed by atoms with E-state index in [4.69, 9.17) is 0 Å². The zero-order valence-electron chi connectivity index (χ0n) is 6.30. The Morgan fingerprint density at radius 2 is 1.70 bits per heavy atom. The molecule has 0 amide bonds. The van der Waals surface area contributed by atoms with Crippen LogP contribution in [0.2, 0.25) is 0 Å². The van der Waals surface area contributed by atoms with Crippen molar-refractivity contribution in [3.05, 3.63) is 0 Å². The molecule has 0 atom stereocenters. The van der Waals surface area contributed by atoms with Crippen molar-refractivity contribution in [2.24, 2.45) is 11.3 Å². The highest BCUT2D eigenvalue weighted by molar-refractivity contribution is 5.05. The summed E-state index contributed by atoms with van der Waals surface area (Å²) in [7, 11) is 0. The maximum atomic E-state index is 9.61. The summed E-state index contributed by atoms with van der Waals surface area (Å²) in [5.41, 5.74) is -0.183. The second kappa shape index (κ2) is 1.56. The van der Waals surface area contributed by atoms with Gasteiger partial charge in [0.15, 0.2) is 5.79 Å². The molecule has 0 radical (unpaired) electrons. The summed E-state index contributed by atoms with van der Waals surface area (Å²) in [4.78, 5) is 0. The van der Waals surface area contributed by atoms with Crippen LogP contribution >= 0.6 is 0 Å². The van der Waals surface area contributed by atoms with Gasteiger partial charge in [0.25, 0.3) is 0 Å². The van der Waals surface area contributed by atoms with Gasteiger partial charge in [-0.05, 0) is 25.7 Å². The molecule has 0 aromatic heterocycles. The van der Waals surface area contributed by atoms with Crippen molar-refractivity contribution >= 4 is 0 Å². The molecule has 2 N–H and O–H groups in total. The van der Waals surface area contributed by atoms with Gasteiger partial charge in [0.05, 0.1) is 0 Å². The molecule has 0 aromatic rings. The molecule has 2 rings (SSSR count). The highest BCUT2D eigenvalue weighted by Gasteiger charge is 2.60. The van der Waals surface area contributed by atoms with E-state index in [2.05, 4.69) is 0 Å². The van der Waals surface area contributed by atoms with E-state index in [0.29, 0.717) is 0 Å². The molecular formula is C8H14O2. The van der Waals surface area contributed by atoms with E-state index in [1.807, 2.05) is 6.92 Å². The first-order valence-electron chi connectivity index (χ1n) is 4.01. The van der Waals surface area contributed by atoms with Crippen LogP contribution in [0.4, 0.5) is 0 Å². The molecule has 0 saturated heterocycles. The molecule has 0 unspecified atom stereocenters. The number of rotatable bonds is 0. The van der Waals surface area contributed by atoms with Crippen LogP contribution in [0.5, 0.6) is 0 Å². The summed E-state index contributed by atoms with van der Waals surface area (Å²) in [6, 6.07) is 0. The van der Waals surface area contributed by atoms with Crippen molar-refractivity contribution in [1.82, 2.24) is 0 Å². The molecule has 2 heteroatoms. The average molecular weight is 142 g/mol. The average Bonchev–Trinajstić information content (AvgIpc) is 2.18. The van der Waals surface area contributed by atoms with Crippen LogP contribution < -0.4 is 0 Å². The van der Waals surface area contributed by atoms with E-state index in [1.54, 1.807) is 0 Å². The smallest absolute Gasteiger partial charge is 0.170 e. The molecule has 58 valence electrons. The Bertz CT molecular complexity index is 152. The normalized spacial score (nSPS) is 50.1. The highest BCUT2D eigenvalue weighted by atomic mass is 16.5. The zero-order valence-corrected chi connectivity index (χ0v) is 6.30. The quantitative estimate of drug-likeness (QED) is 0.493. The molecule has 2 bridgehead atoms. The predicted molar refractivity (Wildman–Crippen MR) is 37.2 cm³/mol. The molecule has 2 nitrogen and oxygen atoms in total. The van der Waals surface area contributed by atoms with E-state index < -0.39 is 5.79 Å². The molecule has 0 aromatic carbocycles. The lowest BCUT2D eigenvalue weighted by Crippen LogP contribution is -2.40. The Kier molecular flexibility index (Phi) is 1.03. The highest BCUT2D eigenvalue weighted by Crippen LogP contribution is 2.59. The fourth-order valence-electron chi connectivity index (χ4n) is 2.52. The first-order valence-corrected chi connectivity index (χ1v) is 4.01. The van der Waals surface area contributed by atoms with Crippen molar-refractivity contribution < 1.29 is 10.2 Å².